The Morgan fingerprint density at radius 1 is 1.00 bits per heavy atom. The average Bonchev–Trinajstić information content (AvgIpc) is 2.68. The fraction of sp³-hybridized carbons (Fsp3) is 0.381. The number of benzene rings is 2. The van der Waals surface area contributed by atoms with E-state index in [9.17, 15) is 13.2 Å². The van der Waals surface area contributed by atoms with Crippen LogP contribution < -0.4 is 10.2 Å². The van der Waals surface area contributed by atoms with Gasteiger partial charge in [-0.05, 0) is 37.1 Å². The summed E-state index contributed by atoms with van der Waals surface area (Å²) in [6.45, 7) is 6.42. The summed E-state index contributed by atoms with van der Waals surface area (Å²) in [6.07, 6.45) is 1.10. The smallest absolute Gasteiger partial charge is 0.243 e. The van der Waals surface area contributed by atoms with Gasteiger partial charge in [-0.3, -0.25) is 4.79 Å². The third-order valence-electron chi connectivity index (χ3n) is 4.78. The van der Waals surface area contributed by atoms with Crippen LogP contribution >= 0.6 is 0 Å². The Morgan fingerprint density at radius 2 is 1.57 bits per heavy atom. The fourth-order valence-corrected chi connectivity index (χ4v) is 3.65. The van der Waals surface area contributed by atoms with Crippen molar-refractivity contribution in [3.05, 3.63) is 65.7 Å². The molecule has 0 heterocycles. The molecule has 0 spiro atoms. The molecule has 6 nitrogen and oxygen atoms in total. The van der Waals surface area contributed by atoms with E-state index in [2.05, 4.69) is 24.1 Å². The lowest BCUT2D eigenvalue weighted by Crippen LogP contribution is -2.41. The maximum absolute atomic E-state index is 12.8. The number of amides is 1. The number of nitrogens with one attached hydrogen (secondary N) is 1. The lowest BCUT2D eigenvalue weighted by Gasteiger charge is -2.25. The highest BCUT2D eigenvalue weighted by Crippen LogP contribution is 2.22. The van der Waals surface area contributed by atoms with Gasteiger partial charge in [0.25, 0.3) is 0 Å². The molecule has 28 heavy (non-hydrogen) atoms. The summed E-state index contributed by atoms with van der Waals surface area (Å²) in [7, 11) is -2.11. The number of likely N-dealkylation sites (N-methyl/N-ethyl adjacent to an activating group) is 1. The van der Waals surface area contributed by atoms with Gasteiger partial charge < -0.3 is 10.2 Å². The minimum Gasteiger partial charge on any atom is -0.372 e. The molecule has 0 unspecified atom stereocenters. The largest absolute Gasteiger partial charge is 0.372 e. The summed E-state index contributed by atoms with van der Waals surface area (Å²) >= 11 is 0. The summed E-state index contributed by atoms with van der Waals surface area (Å²) in [5.41, 5.74) is 2.72. The third-order valence-corrected chi connectivity index (χ3v) is 6.04. The van der Waals surface area contributed by atoms with Crippen molar-refractivity contribution >= 4 is 21.6 Å². The van der Waals surface area contributed by atoms with Gasteiger partial charge in [0, 0.05) is 32.4 Å². The van der Waals surface area contributed by atoms with E-state index in [0.717, 1.165) is 34.9 Å². The van der Waals surface area contributed by atoms with Crippen LogP contribution in [0.1, 0.15) is 31.0 Å². The van der Waals surface area contributed by atoms with Gasteiger partial charge in [0.2, 0.25) is 15.9 Å². The summed E-state index contributed by atoms with van der Waals surface area (Å²) in [6, 6.07) is 16.0. The van der Waals surface area contributed by atoms with Crippen LogP contribution in [-0.2, 0) is 21.4 Å². The van der Waals surface area contributed by atoms with Crippen LogP contribution in [0.25, 0.3) is 0 Å². The van der Waals surface area contributed by atoms with E-state index in [1.165, 1.54) is 7.05 Å². The molecule has 0 saturated heterocycles. The van der Waals surface area contributed by atoms with Crippen molar-refractivity contribution in [3.63, 3.8) is 0 Å². The Morgan fingerprint density at radius 3 is 2.07 bits per heavy atom. The lowest BCUT2D eigenvalue weighted by molar-refractivity contribution is -0.124. The highest BCUT2D eigenvalue weighted by atomic mass is 32.2. The number of carbonyl (C=O) groups excluding carboxylic acids is 1. The Kier molecular flexibility index (Phi) is 7.60. The van der Waals surface area contributed by atoms with E-state index in [1.54, 1.807) is 24.3 Å². The molecule has 0 fully saturated rings. The highest BCUT2D eigenvalue weighted by Gasteiger charge is 2.30. The van der Waals surface area contributed by atoms with Crippen molar-refractivity contribution in [3.8, 4) is 0 Å². The minimum atomic E-state index is -3.53. The molecule has 0 aliphatic rings. The number of nitrogens with zero attached hydrogens (tertiary/aromatic N) is 2. The first-order valence-electron chi connectivity index (χ1n) is 9.37. The second-order valence-electron chi connectivity index (χ2n) is 6.65. The summed E-state index contributed by atoms with van der Waals surface area (Å²) in [4.78, 5) is 15.1. The monoisotopic (exact) mass is 403 g/mol. The van der Waals surface area contributed by atoms with Gasteiger partial charge in [-0.2, -0.15) is 4.31 Å². The predicted octanol–water partition coefficient (Wildman–Crippen LogP) is 2.78. The van der Waals surface area contributed by atoms with Gasteiger partial charge in [-0.15, -0.1) is 0 Å². The SMILES string of the molecule is CCN(CC)c1ccc(CNC(=O)[C@@H](c2ccccc2)N(C)S(C)(=O)=O)cc1. The normalized spacial score (nSPS) is 12.6. The molecule has 2 rings (SSSR count). The van der Waals surface area contributed by atoms with E-state index >= 15 is 0 Å². The summed E-state index contributed by atoms with van der Waals surface area (Å²) in [5.74, 6) is -0.355. The molecule has 0 aromatic heterocycles. The van der Waals surface area contributed by atoms with E-state index < -0.39 is 16.1 Å². The maximum Gasteiger partial charge on any atom is 0.243 e. The number of hydrogen-bond donors (Lipinski definition) is 1. The molecular formula is C21H29N3O3S. The summed E-state index contributed by atoms with van der Waals surface area (Å²) < 4.78 is 25.1. The van der Waals surface area contributed by atoms with Crippen molar-refractivity contribution < 1.29 is 13.2 Å². The molecular weight excluding hydrogens is 374 g/mol. The van der Waals surface area contributed by atoms with Crippen LogP contribution in [0.3, 0.4) is 0 Å². The first-order chi connectivity index (χ1) is 13.3. The Bertz CT molecular complexity index is 864. The van der Waals surface area contributed by atoms with Crippen LogP contribution in [0.4, 0.5) is 5.69 Å². The van der Waals surface area contributed by atoms with Crippen molar-refractivity contribution in [1.29, 1.82) is 0 Å². The number of rotatable bonds is 9. The predicted molar refractivity (Wildman–Crippen MR) is 114 cm³/mol. The zero-order chi connectivity index (χ0) is 20.7. The van der Waals surface area contributed by atoms with Gasteiger partial charge in [0.1, 0.15) is 6.04 Å². The highest BCUT2D eigenvalue weighted by molar-refractivity contribution is 7.88. The van der Waals surface area contributed by atoms with Gasteiger partial charge >= 0.3 is 0 Å². The van der Waals surface area contributed by atoms with Crippen LogP contribution in [0, 0.1) is 0 Å². The molecule has 0 radical (unpaired) electrons. The minimum absolute atomic E-state index is 0.332. The fourth-order valence-electron chi connectivity index (χ4n) is 3.05. The summed E-state index contributed by atoms with van der Waals surface area (Å²) in [5, 5.41) is 2.87. The second kappa shape index (κ2) is 9.71. The van der Waals surface area contributed by atoms with Crippen LogP contribution in [-0.4, -0.2) is 45.0 Å². The molecule has 7 heteroatoms. The first-order valence-corrected chi connectivity index (χ1v) is 11.2. The van der Waals surface area contributed by atoms with Gasteiger partial charge in [-0.1, -0.05) is 42.5 Å². The molecule has 2 aromatic carbocycles. The zero-order valence-electron chi connectivity index (χ0n) is 16.9. The van der Waals surface area contributed by atoms with E-state index in [0.29, 0.717) is 12.1 Å². The number of sulfonamides is 1. The molecule has 152 valence electrons. The molecule has 0 bridgehead atoms. The average molecular weight is 404 g/mol. The van der Waals surface area contributed by atoms with Crippen molar-refractivity contribution in [1.82, 2.24) is 9.62 Å². The molecule has 2 aromatic rings. The quantitative estimate of drug-likeness (QED) is 0.699. The molecule has 1 atom stereocenters. The first kappa shape index (κ1) is 21.9. The molecule has 0 saturated carbocycles. The Balaban J connectivity index is 2.14. The van der Waals surface area contributed by atoms with Crippen molar-refractivity contribution in [2.75, 3.05) is 31.3 Å². The van der Waals surface area contributed by atoms with Crippen LogP contribution in [0.5, 0.6) is 0 Å². The Labute approximate surface area is 168 Å². The second-order valence-corrected chi connectivity index (χ2v) is 8.69. The Hall–Kier alpha value is -2.38. The number of anilines is 1. The molecule has 0 aliphatic carbocycles. The number of hydrogen-bond acceptors (Lipinski definition) is 4. The van der Waals surface area contributed by atoms with Crippen LogP contribution in [0.2, 0.25) is 0 Å². The molecule has 0 aliphatic heterocycles. The van der Waals surface area contributed by atoms with Crippen molar-refractivity contribution in [2.24, 2.45) is 0 Å². The molecule has 1 amide bonds. The van der Waals surface area contributed by atoms with Crippen molar-refractivity contribution in [2.45, 2.75) is 26.4 Å². The van der Waals surface area contributed by atoms with Gasteiger partial charge in [0.15, 0.2) is 0 Å². The maximum atomic E-state index is 12.8. The molecule has 1 N–H and O–H groups in total. The van der Waals surface area contributed by atoms with Gasteiger partial charge in [0.05, 0.1) is 6.26 Å². The van der Waals surface area contributed by atoms with E-state index in [-0.39, 0.29) is 5.91 Å². The zero-order valence-corrected chi connectivity index (χ0v) is 17.7. The van der Waals surface area contributed by atoms with E-state index in [4.69, 9.17) is 0 Å². The third kappa shape index (κ3) is 5.56. The van der Waals surface area contributed by atoms with Crippen LogP contribution in [0.15, 0.2) is 54.6 Å². The van der Waals surface area contributed by atoms with E-state index in [1.807, 2.05) is 30.3 Å². The standard InChI is InChI=1S/C21H29N3O3S/c1-5-24(6-2)19-14-12-17(13-15-19)16-22-21(25)20(23(3)28(4,26)27)18-10-8-7-9-11-18/h7-15,20H,5-6,16H2,1-4H3,(H,22,25)/t20-/m1/s1. The number of carbonyl (C=O) groups is 1. The lowest BCUT2D eigenvalue weighted by atomic mass is 10.1. The van der Waals surface area contributed by atoms with Gasteiger partial charge in [-0.25, -0.2) is 8.42 Å². The topological polar surface area (TPSA) is 69.7 Å².